The van der Waals surface area contributed by atoms with Crippen LogP contribution in [-0.2, 0) is 76.7 Å². The first-order valence-corrected chi connectivity index (χ1v) is 23.3. The summed E-state index contributed by atoms with van der Waals surface area (Å²) in [4.78, 5) is 199. The minimum absolute atomic E-state index is 0.157. The molecule has 29 heteroatoms. The van der Waals surface area contributed by atoms with Crippen molar-refractivity contribution in [3.05, 3.63) is 0 Å². The van der Waals surface area contributed by atoms with E-state index in [2.05, 4.69) is 21.3 Å². The zero-order valence-corrected chi connectivity index (χ0v) is 40.4. The normalized spacial score (nSPS) is 14.1. The van der Waals surface area contributed by atoms with Gasteiger partial charge in [-0.25, -0.2) is 0 Å². The molecule has 0 rings (SSSR count). The number of carboxylic acid groups (broad SMARTS) is 8. The van der Waals surface area contributed by atoms with Crippen LogP contribution in [0, 0.1) is 17.8 Å². The second kappa shape index (κ2) is 34.6. The molecule has 0 heterocycles. The first-order chi connectivity index (χ1) is 34.5. The van der Waals surface area contributed by atoms with Crippen molar-refractivity contribution in [3.8, 4) is 0 Å². The Balaban J connectivity index is 6.94. The van der Waals surface area contributed by atoms with E-state index in [0.717, 1.165) is 0 Å². The van der Waals surface area contributed by atoms with Crippen LogP contribution >= 0.6 is 0 Å². The average Bonchev–Trinajstić information content (AvgIpc) is 3.30. The van der Waals surface area contributed by atoms with Crippen molar-refractivity contribution in [2.75, 3.05) is 0 Å². The topological polar surface area (TPSA) is 509 Å². The maximum absolute atomic E-state index is 14.0. The van der Waals surface area contributed by atoms with Crippen LogP contribution in [0.3, 0.4) is 0 Å². The molecule has 0 radical (unpaired) electrons. The molecule has 14 N–H and O–H groups in total. The molecule has 8 atom stereocenters. The Labute approximate surface area is 421 Å². The Morgan fingerprint density at radius 1 is 0.311 bits per heavy atom. The van der Waals surface area contributed by atoms with Gasteiger partial charge in [-0.15, -0.1) is 0 Å². The van der Waals surface area contributed by atoms with Crippen LogP contribution in [0.15, 0.2) is 0 Å². The molecule has 0 aromatic rings. The lowest BCUT2D eigenvalue weighted by Gasteiger charge is -2.26. The highest BCUT2D eigenvalue weighted by Gasteiger charge is 2.36. The van der Waals surface area contributed by atoms with Gasteiger partial charge in [0.25, 0.3) is 0 Å². The summed E-state index contributed by atoms with van der Waals surface area (Å²) in [5.41, 5.74) is 5.72. The van der Waals surface area contributed by atoms with Gasteiger partial charge in [-0.3, -0.25) is 76.7 Å². The predicted octanol–water partition coefficient (Wildman–Crippen LogP) is -1.12. The van der Waals surface area contributed by atoms with Crippen LogP contribution in [-0.4, -0.2) is 166 Å². The summed E-state index contributed by atoms with van der Waals surface area (Å²) in [5, 5.41) is 83.4. The molecule has 0 fully saturated rings. The number of carbonyl (C=O) groups is 16. The number of carbonyl (C=O) groups excluding carboxylic acids is 8. The molecule has 0 aromatic carbocycles. The molecule has 0 aliphatic heterocycles. The Hall–Kier alpha value is -7.72. The average molecular weight is 1060 g/mol. The number of amides is 4. The third-order valence-electron chi connectivity index (χ3n) is 11.3. The number of nitrogens with two attached hydrogens (primary N) is 1. The Morgan fingerprint density at radius 3 is 0.743 bits per heavy atom. The molecular formula is C45H65N5O24. The van der Waals surface area contributed by atoms with Crippen molar-refractivity contribution in [2.24, 2.45) is 23.5 Å². The highest BCUT2D eigenvalue weighted by molar-refractivity contribution is 5.98. The van der Waals surface area contributed by atoms with E-state index in [1.165, 1.54) is 6.92 Å². The smallest absolute Gasteiger partial charge is 0.303 e. The van der Waals surface area contributed by atoms with Crippen molar-refractivity contribution in [1.29, 1.82) is 0 Å². The van der Waals surface area contributed by atoms with Crippen LogP contribution in [0.1, 0.15) is 135 Å². The summed E-state index contributed by atoms with van der Waals surface area (Å²) in [6, 6.07) is -8.22. The van der Waals surface area contributed by atoms with Gasteiger partial charge in [0.15, 0.2) is 23.1 Å². The van der Waals surface area contributed by atoms with Crippen LogP contribution in [0.5, 0.6) is 0 Å². The van der Waals surface area contributed by atoms with E-state index in [0.29, 0.717) is 0 Å². The maximum atomic E-state index is 14.0. The van der Waals surface area contributed by atoms with Gasteiger partial charge in [-0.05, 0) is 51.4 Å². The third-order valence-corrected chi connectivity index (χ3v) is 11.3. The van der Waals surface area contributed by atoms with Crippen LogP contribution < -0.4 is 27.0 Å². The van der Waals surface area contributed by atoms with Crippen molar-refractivity contribution in [1.82, 2.24) is 21.3 Å². The number of rotatable bonds is 43. The fourth-order valence-electron chi connectivity index (χ4n) is 7.16. The number of Topliss-reactive ketones (excluding diaryl/α,β-unsaturated/α-hetero) is 4. The highest BCUT2D eigenvalue weighted by Crippen LogP contribution is 2.22. The van der Waals surface area contributed by atoms with Crippen molar-refractivity contribution < 1.29 is 118 Å². The van der Waals surface area contributed by atoms with E-state index in [-0.39, 0.29) is 12.8 Å². The number of hydrogen-bond acceptors (Lipinski definition) is 17. The fourth-order valence-corrected chi connectivity index (χ4v) is 7.16. The van der Waals surface area contributed by atoms with E-state index < -0.39 is 258 Å². The summed E-state index contributed by atoms with van der Waals surface area (Å²) in [7, 11) is 0. The van der Waals surface area contributed by atoms with Gasteiger partial charge < -0.3 is 67.9 Å². The number of hydrogen-bond donors (Lipinski definition) is 13. The molecular weight excluding hydrogens is 995 g/mol. The van der Waals surface area contributed by atoms with Gasteiger partial charge in [0.05, 0.1) is 30.2 Å². The first kappa shape index (κ1) is 66.3. The molecule has 0 saturated carbocycles. The molecule has 0 unspecified atom stereocenters. The Morgan fingerprint density at radius 2 is 0.514 bits per heavy atom. The minimum Gasteiger partial charge on any atom is -0.481 e. The van der Waals surface area contributed by atoms with Gasteiger partial charge >= 0.3 is 47.8 Å². The third kappa shape index (κ3) is 29.0. The van der Waals surface area contributed by atoms with E-state index in [1.807, 2.05) is 0 Å². The van der Waals surface area contributed by atoms with Crippen molar-refractivity contribution >= 4 is 94.5 Å². The highest BCUT2D eigenvalue weighted by atomic mass is 16.4. The quantitative estimate of drug-likeness (QED) is 0.0344. The summed E-state index contributed by atoms with van der Waals surface area (Å²) < 4.78 is 0. The molecule has 0 bridgehead atoms. The molecule has 0 aromatic heterocycles. The number of aliphatic carboxylic acids is 8. The summed E-state index contributed by atoms with van der Waals surface area (Å²) in [6.07, 6.45) is -13.5. The molecule has 414 valence electrons. The largest absolute Gasteiger partial charge is 0.481 e. The molecule has 29 nitrogen and oxygen atoms in total. The van der Waals surface area contributed by atoms with Gasteiger partial charge in [-0.1, -0.05) is 6.92 Å². The second-order valence-electron chi connectivity index (χ2n) is 17.2. The molecule has 4 amide bonds. The lowest BCUT2D eigenvalue weighted by molar-refractivity contribution is -0.141. The first-order valence-electron chi connectivity index (χ1n) is 23.3. The lowest BCUT2D eigenvalue weighted by atomic mass is 9.88. The monoisotopic (exact) mass is 1060 g/mol. The lowest BCUT2D eigenvalue weighted by Crippen LogP contribution is -2.50. The number of ketones is 4. The summed E-state index contributed by atoms with van der Waals surface area (Å²) in [5.74, 6) is -25.0. The summed E-state index contributed by atoms with van der Waals surface area (Å²) in [6.45, 7) is 1.42. The zero-order valence-electron chi connectivity index (χ0n) is 40.4. The van der Waals surface area contributed by atoms with Crippen LogP contribution in [0.25, 0.3) is 0 Å². The van der Waals surface area contributed by atoms with Gasteiger partial charge in [0.2, 0.25) is 23.6 Å². The standard InChI is InChI=1S/C45H65N5O24/c1-2-30(51)26(7-15-38(63)64)47-42(71)22(3-11-34(55)56)19-31(52)27(8-16-39(65)66)48-43(72)23(4-12-35(57)58)20-32(53)28(9-17-40(67)68)49-44(73)24(5-13-36(59)60)21-33(54)29(10-18-41(69)70)50-45(74)25(46)6-14-37(61)62/h22-29H,2-21,46H2,1H3,(H,47,71)(H,48,72)(H,49,73)(H,50,74)(H,55,56)(H,57,58)(H,59,60)(H,61,62)(H,63,64)(H,65,66)(H,67,68)(H,69,70)/t22-,23-,24-,25+,26+,27+,28+,29+/m1/s1. The SMILES string of the molecule is CCC(=O)[C@H](CCC(=O)O)NC(=O)[C@H](CCC(=O)O)CC(=O)[C@H](CCC(=O)O)NC(=O)[C@H](CCC(=O)O)CC(=O)[C@H](CCC(=O)O)NC(=O)[C@H](CCC(=O)O)CC(=O)[C@H](CCC(=O)O)NC(=O)[C@@H](N)CCC(=O)O. The predicted molar refractivity (Wildman–Crippen MR) is 245 cm³/mol. The Kier molecular flexibility index (Phi) is 31.0. The Bertz CT molecular complexity index is 2090. The van der Waals surface area contributed by atoms with E-state index in [9.17, 15) is 107 Å². The van der Waals surface area contributed by atoms with E-state index in [4.69, 9.17) is 15.9 Å². The molecule has 0 aliphatic carbocycles. The van der Waals surface area contributed by atoms with Gasteiger partial charge in [0, 0.05) is 94.8 Å². The van der Waals surface area contributed by atoms with Crippen molar-refractivity contribution in [2.45, 2.75) is 166 Å². The second-order valence-corrected chi connectivity index (χ2v) is 17.2. The minimum atomic E-state index is -1.87. The number of nitrogens with one attached hydrogen (secondary N) is 4. The summed E-state index contributed by atoms with van der Waals surface area (Å²) >= 11 is 0. The fraction of sp³-hybridized carbons (Fsp3) is 0.644. The van der Waals surface area contributed by atoms with Gasteiger partial charge in [0.1, 0.15) is 0 Å². The molecule has 74 heavy (non-hydrogen) atoms. The molecule has 0 saturated heterocycles. The molecule has 0 spiro atoms. The van der Waals surface area contributed by atoms with E-state index >= 15 is 0 Å². The van der Waals surface area contributed by atoms with Crippen LogP contribution in [0.4, 0.5) is 0 Å². The van der Waals surface area contributed by atoms with Gasteiger partial charge in [-0.2, -0.15) is 0 Å². The zero-order chi connectivity index (χ0) is 56.8. The van der Waals surface area contributed by atoms with E-state index in [1.54, 1.807) is 0 Å². The molecule has 0 aliphatic rings. The van der Waals surface area contributed by atoms with Crippen LogP contribution in [0.2, 0.25) is 0 Å². The van der Waals surface area contributed by atoms with Crippen molar-refractivity contribution in [3.63, 3.8) is 0 Å². The number of carboxylic acids is 8. The maximum Gasteiger partial charge on any atom is 0.303 e.